The zero-order chi connectivity index (χ0) is 13.7. The Labute approximate surface area is 106 Å². The molecule has 0 aromatic heterocycles. The van der Waals surface area contributed by atoms with E-state index in [2.05, 4.69) is 10.6 Å². The lowest BCUT2D eigenvalue weighted by Crippen LogP contribution is -2.31. The Kier molecular flexibility index (Phi) is 2.28. The number of rotatable bonds is 2. The van der Waals surface area contributed by atoms with Crippen molar-refractivity contribution in [1.29, 1.82) is 0 Å². The molecule has 0 radical (unpaired) electrons. The van der Waals surface area contributed by atoms with E-state index in [9.17, 15) is 18.8 Å². The molecular formula is C13H9FN2O3. The molecule has 0 saturated heterocycles. The number of carbonyl (C=O) groups excluding carboxylic acids is 1. The third kappa shape index (κ3) is 1.56. The number of fused-ring (bicyclic) bond motifs is 1. The molecule has 0 fully saturated rings. The number of hydrogen-bond acceptors (Lipinski definition) is 4. The fourth-order valence-corrected chi connectivity index (χ4v) is 2.21. The van der Waals surface area contributed by atoms with E-state index in [0.717, 1.165) is 6.07 Å². The van der Waals surface area contributed by atoms with Gasteiger partial charge in [0.1, 0.15) is 5.82 Å². The number of amides is 1. The van der Waals surface area contributed by atoms with Gasteiger partial charge in [-0.15, -0.1) is 0 Å². The smallest absolute Gasteiger partial charge is 0.254 e. The van der Waals surface area contributed by atoms with Crippen molar-refractivity contribution in [3.8, 4) is 0 Å². The van der Waals surface area contributed by atoms with E-state index in [1.807, 2.05) is 0 Å². The second-order valence-electron chi connectivity index (χ2n) is 4.46. The second-order valence-corrected chi connectivity index (χ2v) is 4.46. The van der Waals surface area contributed by atoms with Gasteiger partial charge >= 0.3 is 0 Å². The van der Waals surface area contributed by atoms with Gasteiger partial charge in [0.05, 0.1) is 23.0 Å². The highest BCUT2D eigenvalue weighted by atomic mass is 19.1. The zero-order valence-electron chi connectivity index (χ0n) is 9.91. The van der Waals surface area contributed by atoms with Gasteiger partial charge < -0.3 is 10.6 Å². The van der Waals surface area contributed by atoms with Crippen LogP contribution in [0.15, 0.2) is 27.8 Å². The SMILES string of the molecule is CC1NC(=O)c2c1ccc(F)c2Nc1cc(=O)c1=O. The Morgan fingerprint density at radius 2 is 2.00 bits per heavy atom. The molecule has 0 aliphatic carbocycles. The molecule has 1 atom stereocenters. The lowest BCUT2D eigenvalue weighted by atomic mass is 10.0. The van der Waals surface area contributed by atoms with Crippen LogP contribution >= 0.6 is 0 Å². The molecule has 1 aliphatic heterocycles. The van der Waals surface area contributed by atoms with Crippen LogP contribution in [0.1, 0.15) is 28.9 Å². The third-order valence-corrected chi connectivity index (χ3v) is 3.23. The van der Waals surface area contributed by atoms with Crippen molar-refractivity contribution in [2.45, 2.75) is 13.0 Å². The summed E-state index contributed by atoms with van der Waals surface area (Å²) in [6, 6.07) is 3.62. The average molecular weight is 260 g/mol. The molecule has 0 spiro atoms. The average Bonchev–Trinajstić information content (AvgIpc) is 2.66. The number of carbonyl (C=O) groups is 1. The van der Waals surface area contributed by atoms with Crippen molar-refractivity contribution in [2.75, 3.05) is 5.32 Å². The normalized spacial score (nSPS) is 17.4. The van der Waals surface area contributed by atoms with E-state index in [1.54, 1.807) is 6.92 Å². The molecular weight excluding hydrogens is 251 g/mol. The molecule has 2 aromatic carbocycles. The van der Waals surface area contributed by atoms with Gasteiger partial charge in [0, 0.05) is 6.07 Å². The van der Waals surface area contributed by atoms with Gasteiger partial charge in [-0.05, 0) is 18.6 Å². The lowest BCUT2D eigenvalue weighted by Gasteiger charge is -2.11. The molecule has 1 unspecified atom stereocenters. The van der Waals surface area contributed by atoms with Gasteiger partial charge in [-0.25, -0.2) is 4.39 Å². The molecule has 6 heteroatoms. The summed E-state index contributed by atoms with van der Waals surface area (Å²) in [7, 11) is 0. The highest BCUT2D eigenvalue weighted by Gasteiger charge is 2.30. The summed E-state index contributed by atoms with van der Waals surface area (Å²) in [5.74, 6) is -1.04. The minimum absolute atomic E-state index is 0.00431. The van der Waals surface area contributed by atoms with Gasteiger partial charge in [0.2, 0.25) is 10.9 Å². The van der Waals surface area contributed by atoms with Crippen LogP contribution in [-0.2, 0) is 0 Å². The molecule has 96 valence electrons. The summed E-state index contributed by atoms with van der Waals surface area (Å²) in [6.45, 7) is 1.78. The summed E-state index contributed by atoms with van der Waals surface area (Å²) in [6.07, 6.45) is 0. The molecule has 19 heavy (non-hydrogen) atoms. The van der Waals surface area contributed by atoms with Gasteiger partial charge in [0.25, 0.3) is 5.91 Å². The Morgan fingerprint density at radius 1 is 1.26 bits per heavy atom. The first kappa shape index (κ1) is 11.6. The van der Waals surface area contributed by atoms with Crippen LogP contribution in [0.4, 0.5) is 15.8 Å². The van der Waals surface area contributed by atoms with Gasteiger partial charge in [0.15, 0.2) is 0 Å². The maximum atomic E-state index is 13.8. The van der Waals surface area contributed by atoms with Crippen molar-refractivity contribution in [1.82, 2.24) is 5.32 Å². The number of nitrogens with one attached hydrogen (secondary N) is 2. The van der Waals surface area contributed by atoms with Crippen LogP contribution in [-0.4, -0.2) is 5.91 Å². The van der Waals surface area contributed by atoms with Gasteiger partial charge in [-0.3, -0.25) is 14.4 Å². The van der Waals surface area contributed by atoms with Gasteiger partial charge in [-0.2, -0.15) is 0 Å². The van der Waals surface area contributed by atoms with Crippen LogP contribution in [0.5, 0.6) is 0 Å². The quantitative estimate of drug-likeness (QED) is 0.789. The van der Waals surface area contributed by atoms with Crippen LogP contribution in [0.3, 0.4) is 0 Å². The molecule has 0 saturated carbocycles. The largest absolute Gasteiger partial charge is 0.349 e. The van der Waals surface area contributed by atoms with E-state index in [1.165, 1.54) is 12.1 Å². The standard InChI is InChI=1S/C13H9FN2O3/c1-5-6-2-3-7(14)11(10(6)13(19)15-5)16-8-4-9(17)12(8)18/h2-5,16H,1H3,(H,15,19). The van der Waals surface area contributed by atoms with Gasteiger partial charge in [-0.1, -0.05) is 6.07 Å². The van der Waals surface area contributed by atoms with E-state index in [-0.39, 0.29) is 23.0 Å². The fraction of sp³-hybridized carbons (Fsp3) is 0.154. The first-order valence-corrected chi connectivity index (χ1v) is 5.69. The fourth-order valence-electron chi connectivity index (χ4n) is 2.21. The molecule has 2 N–H and O–H groups in total. The number of halogens is 1. The van der Waals surface area contributed by atoms with Crippen LogP contribution in [0, 0.1) is 5.82 Å². The van der Waals surface area contributed by atoms with E-state index in [4.69, 9.17) is 0 Å². The minimum Gasteiger partial charge on any atom is -0.349 e. The maximum Gasteiger partial charge on any atom is 0.254 e. The summed E-state index contributed by atoms with van der Waals surface area (Å²) in [5, 5.41) is 5.20. The van der Waals surface area contributed by atoms with Crippen LogP contribution in [0.2, 0.25) is 0 Å². The molecule has 1 aliphatic rings. The number of anilines is 2. The van der Waals surface area contributed by atoms with Crippen molar-refractivity contribution in [3.63, 3.8) is 0 Å². The summed E-state index contributed by atoms with van der Waals surface area (Å²) in [4.78, 5) is 33.8. The maximum absolute atomic E-state index is 13.8. The van der Waals surface area contributed by atoms with E-state index >= 15 is 0 Å². The predicted molar refractivity (Wildman–Crippen MR) is 66.9 cm³/mol. The first-order chi connectivity index (χ1) is 8.99. The van der Waals surface area contributed by atoms with E-state index in [0.29, 0.717) is 5.56 Å². The number of benzene rings is 1. The monoisotopic (exact) mass is 260 g/mol. The van der Waals surface area contributed by atoms with Crippen LogP contribution in [0.25, 0.3) is 0 Å². The van der Waals surface area contributed by atoms with E-state index < -0.39 is 22.6 Å². The Hall–Kier alpha value is -2.50. The topological polar surface area (TPSA) is 75.3 Å². The Morgan fingerprint density at radius 3 is 2.63 bits per heavy atom. The lowest BCUT2D eigenvalue weighted by molar-refractivity contribution is 0.0959. The molecule has 2 aromatic rings. The summed E-state index contributed by atoms with van der Waals surface area (Å²) >= 11 is 0. The van der Waals surface area contributed by atoms with Crippen LogP contribution < -0.4 is 21.5 Å². The summed E-state index contributed by atoms with van der Waals surface area (Å²) in [5.41, 5.74) is -0.555. The highest BCUT2D eigenvalue weighted by Crippen LogP contribution is 2.33. The first-order valence-electron chi connectivity index (χ1n) is 5.69. The van der Waals surface area contributed by atoms with Crippen molar-refractivity contribution in [3.05, 3.63) is 55.6 Å². The summed E-state index contributed by atoms with van der Waals surface area (Å²) < 4.78 is 13.8. The van der Waals surface area contributed by atoms with Crippen molar-refractivity contribution in [2.24, 2.45) is 0 Å². The molecule has 1 amide bonds. The molecule has 0 bridgehead atoms. The highest BCUT2D eigenvalue weighted by molar-refractivity contribution is 6.04. The third-order valence-electron chi connectivity index (χ3n) is 3.23. The predicted octanol–water partition coefficient (Wildman–Crippen LogP) is 0.970. The number of hydrogen-bond donors (Lipinski definition) is 2. The Balaban J connectivity index is 2.12. The molecule has 5 nitrogen and oxygen atoms in total. The van der Waals surface area contributed by atoms with Crippen molar-refractivity contribution < 1.29 is 9.18 Å². The molecule has 3 rings (SSSR count). The zero-order valence-corrected chi connectivity index (χ0v) is 9.91. The van der Waals surface area contributed by atoms with Crippen molar-refractivity contribution >= 4 is 17.3 Å². The Bertz CT molecular complexity index is 775. The second kappa shape index (κ2) is 3.74. The minimum atomic E-state index is -0.705. The molecule has 1 heterocycles.